The number of aromatic nitrogens is 2. The fraction of sp³-hybridized carbons (Fsp3) is 0.737. The first-order valence-corrected chi connectivity index (χ1v) is 11.8. The average Bonchev–Trinajstić information content (AvgIpc) is 2.50. The Labute approximate surface area is 163 Å². The minimum absolute atomic E-state index is 0.0212. The maximum absolute atomic E-state index is 12.6. The van der Waals surface area contributed by atoms with Crippen molar-refractivity contribution in [1.29, 1.82) is 0 Å². The van der Waals surface area contributed by atoms with Crippen LogP contribution in [0.25, 0.3) is 0 Å². The molecule has 0 aromatic carbocycles. The number of carbonyl (C=O) groups excluding carboxylic acids is 1. The fourth-order valence-electron chi connectivity index (χ4n) is 3.20. The van der Waals surface area contributed by atoms with Gasteiger partial charge in [0.25, 0.3) is 5.56 Å². The summed E-state index contributed by atoms with van der Waals surface area (Å²) in [6.45, 7) is 16.9. The summed E-state index contributed by atoms with van der Waals surface area (Å²) in [4.78, 5) is 31.9. The topological polar surface area (TPSA) is 96.1 Å². The molecule has 0 fully saturated rings. The van der Waals surface area contributed by atoms with Gasteiger partial charge in [0.2, 0.25) is 20.9 Å². The van der Waals surface area contributed by atoms with E-state index in [1.54, 1.807) is 0 Å². The van der Waals surface area contributed by atoms with E-state index in [0.717, 1.165) is 0 Å². The lowest BCUT2D eigenvalue weighted by Gasteiger charge is -2.40. The Morgan fingerprint density at radius 1 is 1.26 bits per heavy atom. The predicted octanol–water partition coefficient (Wildman–Crippen LogP) is 3.02. The number of nitrogens with one attached hydrogen (secondary N) is 3. The lowest BCUT2D eigenvalue weighted by molar-refractivity contribution is -0.123. The lowest BCUT2D eigenvalue weighted by atomic mass is 9.78. The van der Waals surface area contributed by atoms with E-state index in [-0.39, 0.29) is 34.9 Å². The van der Waals surface area contributed by atoms with Crippen molar-refractivity contribution in [2.24, 2.45) is 16.7 Å². The summed E-state index contributed by atoms with van der Waals surface area (Å²) >= 11 is 0. The Bertz CT molecular complexity index is 747. The molecule has 1 aliphatic rings. The largest absolute Gasteiger partial charge is 0.413 e. The van der Waals surface area contributed by atoms with E-state index < -0.39 is 14.5 Å². The Balaban J connectivity index is 2.26. The number of aromatic amines is 1. The minimum atomic E-state index is -0.861. The first-order valence-electron chi connectivity index (χ1n) is 9.44. The molecule has 2 rings (SSSR count). The molecule has 2 heterocycles. The van der Waals surface area contributed by atoms with Crippen LogP contribution in [0.3, 0.4) is 0 Å². The molecule has 1 amide bonds. The third-order valence-corrected chi connectivity index (χ3v) is 5.30. The van der Waals surface area contributed by atoms with Gasteiger partial charge < -0.3 is 9.74 Å². The third-order valence-electron chi connectivity index (χ3n) is 4.57. The van der Waals surface area contributed by atoms with Gasteiger partial charge in [-0.2, -0.15) is 4.98 Å². The highest BCUT2D eigenvalue weighted by Gasteiger charge is 2.37. The molecule has 1 radical (unpaired) electrons. The average molecular weight is 394 g/mol. The maximum atomic E-state index is 12.6. The molecule has 0 saturated heterocycles. The molecule has 0 aliphatic carbocycles. The minimum Gasteiger partial charge on any atom is -0.413 e. The van der Waals surface area contributed by atoms with Crippen molar-refractivity contribution in [2.75, 3.05) is 17.2 Å². The zero-order chi connectivity index (χ0) is 20.6. The fourth-order valence-corrected chi connectivity index (χ4v) is 4.25. The van der Waals surface area contributed by atoms with Crippen molar-refractivity contribution in [3.8, 4) is 0 Å². The quantitative estimate of drug-likeness (QED) is 0.683. The summed E-state index contributed by atoms with van der Waals surface area (Å²) in [7, 11) is -0.861. The number of hydrogen-bond acceptors (Lipinski definition) is 5. The van der Waals surface area contributed by atoms with Crippen molar-refractivity contribution in [1.82, 2.24) is 9.97 Å². The smallest absolute Gasteiger partial charge is 0.257 e. The van der Waals surface area contributed by atoms with Gasteiger partial charge in [0.1, 0.15) is 5.82 Å². The Hall–Kier alpha value is -1.67. The van der Waals surface area contributed by atoms with E-state index in [0.29, 0.717) is 24.3 Å². The summed E-state index contributed by atoms with van der Waals surface area (Å²) in [5.74, 6) is 0.725. The summed E-state index contributed by atoms with van der Waals surface area (Å²) < 4.78 is 6.30. The first-order chi connectivity index (χ1) is 12.3. The van der Waals surface area contributed by atoms with Gasteiger partial charge in [0.15, 0.2) is 0 Å². The molecular weight excluding hydrogens is 360 g/mol. The van der Waals surface area contributed by atoms with E-state index in [1.807, 2.05) is 20.8 Å². The van der Waals surface area contributed by atoms with Gasteiger partial charge in [0, 0.05) is 17.9 Å². The maximum Gasteiger partial charge on any atom is 0.257 e. The molecule has 1 aliphatic heterocycles. The number of H-pyrrole nitrogens is 1. The SMILES string of the molecule is C[Si](C)OC(C1CNc2nc(NC(=O)C(C)(C)C)[nH]c(=O)c2C1)C(C)(C)C. The molecule has 8 heteroatoms. The van der Waals surface area contributed by atoms with Crippen LogP contribution in [0.1, 0.15) is 47.1 Å². The molecule has 7 nitrogen and oxygen atoms in total. The van der Waals surface area contributed by atoms with Gasteiger partial charge in [-0.15, -0.1) is 0 Å². The monoisotopic (exact) mass is 393 g/mol. The van der Waals surface area contributed by atoms with Crippen LogP contribution >= 0.6 is 0 Å². The highest BCUT2D eigenvalue weighted by molar-refractivity contribution is 6.48. The highest BCUT2D eigenvalue weighted by atomic mass is 28.3. The van der Waals surface area contributed by atoms with Crippen LogP contribution in [0.5, 0.6) is 0 Å². The van der Waals surface area contributed by atoms with Crippen molar-refractivity contribution < 1.29 is 9.22 Å². The van der Waals surface area contributed by atoms with Gasteiger partial charge in [-0.1, -0.05) is 41.5 Å². The number of carbonyl (C=O) groups is 1. The number of fused-ring (bicyclic) bond motifs is 1. The Morgan fingerprint density at radius 2 is 1.89 bits per heavy atom. The van der Waals surface area contributed by atoms with E-state index in [1.165, 1.54) is 0 Å². The van der Waals surface area contributed by atoms with Gasteiger partial charge >= 0.3 is 0 Å². The van der Waals surface area contributed by atoms with Crippen LogP contribution in [-0.2, 0) is 15.6 Å². The molecular formula is C19H33N4O3Si. The van der Waals surface area contributed by atoms with Gasteiger partial charge in [-0.3, -0.25) is 19.9 Å². The molecule has 2 unspecified atom stereocenters. The molecule has 0 saturated carbocycles. The molecule has 151 valence electrons. The molecule has 27 heavy (non-hydrogen) atoms. The molecule has 2 atom stereocenters. The first kappa shape index (κ1) is 21.6. The summed E-state index contributed by atoms with van der Waals surface area (Å²) in [5, 5.41) is 5.97. The van der Waals surface area contributed by atoms with Gasteiger partial charge in [-0.25, -0.2) is 0 Å². The summed E-state index contributed by atoms with van der Waals surface area (Å²) in [6.07, 6.45) is 0.664. The highest BCUT2D eigenvalue weighted by Crippen LogP contribution is 2.34. The second kappa shape index (κ2) is 7.75. The van der Waals surface area contributed by atoms with Crippen LogP contribution in [0.2, 0.25) is 13.1 Å². The number of rotatable bonds is 4. The molecule has 1 aromatic rings. The van der Waals surface area contributed by atoms with Crippen LogP contribution < -0.4 is 16.2 Å². The number of nitrogens with zero attached hydrogens (tertiary/aromatic N) is 1. The van der Waals surface area contributed by atoms with Crippen LogP contribution in [0, 0.1) is 16.7 Å². The zero-order valence-corrected chi connectivity index (χ0v) is 18.7. The second-order valence-electron chi connectivity index (χ2n) is 9.60. The Morgan fingerprint density at radius 3 is 2.41 bits per heavy atom. The van der Waals surface area contributed by atoms with Crippen molar-refractivity contribution in [3.05, 3.63) is 15.9 Å². The lowest BCUT2D eigenvalue weighted by Crippen LogP contribution is -2.45. The molecule has 0 bridgehead atoms. The molecule has 1 aromatic heterocycles. The van der Waals surface area contributed by atoms with E-state index in [4.69, 9.17) is 4.43 Å². The Kier molecular flexibility index (Phi) is 6.21. The zero-order valence-electron chi connectivity index (χ0n) is 17.7. The standard InChI is InChI=1S/C19H33N4O3Si/c1-18(2,3)13(26-27(7)8)11-9-12-14(20-10-11)21-17(22-15(12)24)23-16(25)19(4,5)6/h11,13H,9-10H2,1-8H3,(H3,20,21,22,23,24,25). The second-order valence-corrected chi connectivity index (χ2v) is 11.7. The van der Waals surface area contributed by atoms with E-state index in [2.05, 4.69) is 54.5 Å². The number of amides is 1. The van der Waals surface area contributed by atoms with E-state index >= 15 is 0 Å². The third kappa shape index (κ3) is 5.41. The molecule has 3 N–H and O–H groups in total. The van der Waals surface area contributed by atoms with Crippen LogP contribution in [0.4, 0.5) is 11.8 Å². The summed E-state index contributed by atoms with van der Waals surface area (Å²) in [6, 6.07) is 0. The predicted molar refractivity (Wildman–Crippen MR) is 110 cm³/mol. The van der Waals surface area contributed by atoms with Crippen LogP contribution in [0.15, 0.2) is 4.79 Å². The van der Waals surface area contributed by atoms with Crippen LogP contribution in [-0.4, -0.2) is 37.6 Å². The normalized spacial score (nSPS) is 18.6. The number of anilines is 2. The summed E-state index contributed by atoms with van der Waals surface area (Å²) in [5.41, 5.74) is -0.178. The van der Waals surface area contributed by atoms with Gasteiger partial charge in [-0.05, 0) is 24.9 Å². The van der Waals surface area contributed by atoms with Crippen molar-refractivity contribution in [3.63, 3.8) is 0 Å². The van der Waals surface area contributed by atoms with E-state index in [9.17, 15) is 9.59 Å². The van der Waals surface area contributed by atoms with Gasteiger partial charge in [0.05, 0.1) is 11.7 Å². The molecule has 0 spiro atoms. The van der Waals surface area contributed by atoms with Crippen molar-refractivity contribution >= 4 is 26.7 Å². The number of hydrogen-bond donors (Lipinski definition) is 3. The van der Waals surface area contributed by atoms with Crippen molar-refractivity contribution in [2.45, 2.75) is 67.2 Å².